The summed E-state index contributed by atoms with van der Waals surface area (Å²) in [5.74, 6) is 1.77. The number of amides is 2. The average molecular weight is 343 g/mol. The van der Waals surface area contributed by atoms with E-state index >= 15 is 0 Å². The standard InChI is InChI=1S/C16H17N5O2S/c1-4-9-17-15(23)12-7-5-6-8-13(12)19-14(22)11(2)24-16-20-18-10-21(16)3/h1,5-8,10-11H,9H2,2-3H3,(H,17,23)(H,19,22). The van der Waals surface area contributed by atoms with Crippen LogP contribution in [0.25, 0.3) is 0 Å². The molecule has 2 N–H and O–H groups in total. The lowest BCUT2D eigenvalue weighted by atomic mass is 10.1. The lowest BCUT2D eigenvalue weighted by molar-refractivity contribution is -0.115. The van der Waals surface area contributed by atoms with E-state index in [9.17, 15) is 9.59 Å². The number of aromatic nitrogens is 3. The number of carbonyl (C=O) groups is 2. The number of anilines is 1. The second-order valence-electron chi connectivity index (χ2n) is 4.91. The van der Waals surface area contributed by atoms with Gasteiger partial charge in [-0.25, -0.2) is 0 Å². The number of nitrogens with zero attached hydrogens (tertiary/aromatic N) is 3. The minimum atomic E-state index is -0.408. The van der Waals surface area contributed by atoms with Crippen LogP contribution in [0.3, 0.4) is 0 Å². The van der Waals surface area contributed by atoms with Crippen LogP contribution in [-0.2, 0) is 11.8 Å². The van der Waals surface area contributed by atoms with Gasteiger partial charge in [0, 0.05) is 7.05 Å². The van der Waals surface area contributed by atoms with Gasteiger partial charge in [0.1, 0.15) is 6.33 Å². The third-order valence-electron chi connectivity index (χ3n) is 3.10. The van der Waals surface area contributed by atoms with Crippen LogP contribution in [0.4, 0.5) is 5.69 Å². The van der Waals surface area contributed by atoms with Gasteiger partial charge in [-0.2, -0.15) is 0 Å². The van der Waals surface area contributed by atoms with Gasteiger partial charge in [0.05, 0.1) is 23.0 Å². The fourth-order valence-corrected chi connectivity index (χ4v) is 2.63. The van der Waals surface area contributed by atoms with Gasteiger partial charge < -0.3 is 15.2 Å². The van der Waals surface area contributed by atoms with Crippen LogP contribution < -0.4 is 10.6 Å². The largest absolute Gasteiger partial charge is 0.341 e. The molecule has 2 rings (SSSR count). The Morgan fingerprint density at radius 3 is 2.83 bits per heavy atom. The van der Waals surface area contributed by atoms with E-state index in [1.54, 1.807) is 49.1 Å². The Morgan fingerprint density at radius 1 is 1.42 bits per heavy atom. The van der Waals surface area contributed by atoms with Crippen molar-refractivity contribution in [3.05, 3.63) is 36.2 Å². The molecule has 1 aromatic heterocycles. The van der Waals surface area contributed by atoms with Gasteiger partial charge in [0.15, 0.2) is 5.16 Å². The molecule has 1 heterocycles. The van der Waals surface area contributed by atoms with Crippen LogP contribution in [-0.4, -0.2) is 38.4 Å². The second kappa shape index (κ2) is 8.17. The minimum Gasteiger partial charge on any atom is -0.341 e. The van der Waals surface area contributed by atoms with Gasteiger partial charge in [0.2, 0.25) is 5.91 Å². The molecule has 2 amide bonds. The zero-order chi connectivity index (χ0) is 17.5. The molecular weight excluding hydrogens is 326 g/mol. The van der Waals surface area contributed by atoms with E-state index in [-0.39, 0.29) is 18.4 Å². The summed E-state index contributed by atoms with van der Waals surface area (Å²) in [4.78, 5) is 24.5. The fourth-order valence-electron chi connectivity index (χ4n) is 1.84. The molecule has 8 heteroatoms. The summed E-state index contributed by atoms with van der Waals surface area (Å²) in [7, 11) is 1.80. The topological polar surface area (TPSA) is 88.9 Å². The van der Waals surface area contributed by atoms with Crippen LogP contribution in [0.2, 0.25) is 0 Å². The van der Waals surface area contributed by atoms with Crippen molar-refractivity contribution in [3.8, 4) is 12.3 Å². The van der Waals surface area contributed by atoms with Crippen molar-refractivity contribution in [2.24, 2.45) is 7.05 Å². The van der Waals surface area contributed by atoms with E-state index in [0.29, 0.717) is 16.4 Å². The first-order valence-electron chi connectivity index (χ1n) is 7.15. The molecule has 7 nitrogen and oxygen atoms in total. The molecule has 1 aromatic carbocycles. The number of nitrogens with one attached hydrogen (secondary N) is 2. The number of thioether (sulfide) groups is 1. The SMILES string of the molecule is C#CCNC(=O)c1ccccc1NC(=O)C(C)Sc1nncn1C. The summed E-state index contributed by atoms with van der Waals surface area (Å²) >= 11 is 1.28. The smallest absolute Gasteiger partial charge is 0.254 e. The molecular formula is C16H17N5O2S. The Kier molecular flexibility index (Phi) is 5.98. The van der Waals surface area contributed by atoms with Crippen molar-refractivity contribution >= 4 is 29.3 Å². The molecule has 0 aliphatic carbocycles. The molecule has 0 bridgehead atoms. The van der Waals surface area contributed by atoms with E-state index in [2.05, 4.69) is 26.8 Å². The highest BCUT2D eigenvalue weighted by Crippen LogP contribution is 2.22. The van der Waals surface area contributed by atoms with Crippen molar-refractivity contribution in [1.82, 2.24) is 20.1 Å². The minimum absolute atomic E-state index is 0.125. The summed E-state index contributed by atoms with van der Waals surface area (Å²) in [5.41, 5.74) is 0.791. The highest BCUT2D eigenvalue weighted by atomic mass is 32.2. The van der Waals surface area contributed by atoms with Crippen LogP contribution in [0, 0.1) is 12.3 Å². The highest BCUT2D eigenvalue weighted by Gasteiger charge is 2.19. The maximum absolute atomic E-state index is 12.4. The normalized spacial score (nSPS) is 11.4. The first kappa shape index (κ1) is 17.6. The number of hydrogen-bond donors (Lipinski definition) is 2. The first-order chi connectivity index (χ1) is 11.5. The summed E-state index contributed by atoms with van der Waals surface area (Å²) in [6, 6.07) is 6.76. The number of carbonyl (C=O) groups excluding carboxylic acids is 2. The fraction of sp³-hybridized carbons (Fsp3) is 0.250. The number of benzene rings is 1. The molecule has 0 radical (unpaired) electrons. The molecule has 2 aromatic rings. The number of terminal acetylenes is 1. The number of hydrogen-bond acceptors (Lipinski definition) is 5. The molecule has 0 saturated heterocycles. The average Bonchev–Trinajstić information content (AvgIpc) is 2.98. The number of aryl methyl sites for hydroxylation is 1. The summed E-state index contributed by atoms with van der Waals surface area (Å²) < 4.78 is 1.73. The summed E-state index contributed by atoms with van der Waals surface area (Å²) in [6.07, 6.45) is 6.71. The third kappa shape index (κ3) is 4.36. The van der Waals surface area contributed by atoms with E-state index in [1.165, 1.54) is 11.8 Å². The lowest BCUT2D eigenvalue weighted by Crippen LogP contribution is -2.27. The van der Waals surface area contributed by atoms with Gasteiger partial charge >= 0.3 is 0 Å². The summed E-state index contributed by atoms with van der Waals surface area (Å²) in [5, 5.41) is 13.3. The second-order valence-corrected chi connectivity index (χ2v) is 6.21. The molecule has 24 heavy (non-hydrogen) atoms. The molecule has 1 unspecified atom stereocenters. The van der Waals surface area contributed by atoms with Crippen LogP contribution in [0.5, 0.6) is 0 Å². The van der Waals surface area contributed by atoms with Crippen molar-refractivity contribution in [1.29, 1.82) is 0 Å². The lowest BCUT2D eigenvalue weighted by Gasteiger charge is -2.14. The van der Waals surface area contributed by atoms with Gasteiger partial charge in [0.25, 0.3) is 5.91 Å². The molecule has 124 valence electrons. The molecule has 0 spiro atoms. The summed E-state index contributed by atoms with van der Waals surface area (Å²) in [6.45, 7) is 1.88. The van der Waals surface area contributed by atoms with Gasteiger partial charge in [-0.05, 0) is 19.1 Å². The van der Waals surface area contributed by atoms with E-state index < -0.39 is 5.25 Å². The number of rotatable bonds is 6. The maximum atomic E-state index is 12.4. The van der Waals surface area contributed by atoms with Crippen molar-refractivity contribution in [2.75, 3.05) is 11.9 Å². The molecule has 0 saturated carbocycles. The molecule has 0 aliphatic rings. The first-order valence-corrected chi connectivity index (χ1v) is 8.03. The third-order valence-corrected chi connectivity index (χ3v) is 4.25. The van der Waals surface area contributed by atoms with Gasteiger partial charge in [-0.3, -0.25) is 9.59 Å². The molecule has 0 aliphatic heterocycles. The Bertz CT molecular complexity index is 781. The number of para-hydroxylation sites is 1. The van der Waals surface area contributed by atoms with Crippen molar-refractivity contribution in [3.63, 3.8) is 0 Å². The van der Waals surface area contributed by atoms with E-state index in [4.69, 9.17) is 6.42 Å². The highest BCUT2D eigenvalue weighted by molar-refractivity contribution is 8.00. The van der Waals surface area contributed by atoms with Crippen LogP contribution >= 0.6 is 11.8 Å². The van der Waals surface area contributed by atoms with E-state index in [0.717, 1.165) is 0 Å². The predicted molar refractivity (Wildman–Crippen MR) is 92.6 cm³/mol. The predicted octanol–water partition coefficient (Wildman–Crippen LogP) is 1.30. The van der Waals surface area contributed by atoms with Gasteiger partial charge in [-0.1, -0.05) is 29.8 Å². The van der Waals surface area contributed by atoms with Crippen molar-refractivity contribution in [2.45, 2.75) is 17.3 Å². The maximum Gasteiger partial charge on any atom is 0.254 e. The van der Waals surface area contributed by atoms with Crippen LogP contribution in [0.1, 0.15) is 17.3 Å². The Balaban J connectivity index is 2.07. The quantitative estimate of drug-likeness (QED) is 0.610. The van der Waals surface area contributed by atoms with Gasteiger partial charge in [-0.15, -0.1) is 16.6 Å². The molecule has 0 fully saturated rings. The molecule has 1 atom stereocenters. The monoisotopic (exact) mass is 343 g/mol. The van der Waals surface area contributed by atoms with Crippen molar-refractivity contribution < 1.29 is 9.59 Å². The Morgan fingerprint density at radius 2 is 2.17 bits per heavy atom. The van der Waals surface area contributed by atoms with Crippen LogP contribution in [0.15, 0.2) is 35.7 Å². The zero-order valence-corrected chi connectivity index (χ0v) is 14.1. The Labute approximate surface area is 144 Å². The zero-order valence-electron chi connectivity index (χ0n) is 13.3. The Hall–Kier alpha value is -2.79. The van der Waals surface area contributed by atoms with E-state index in [1.807, 2.05) is 0 Å².